The fraction of sp³-hybridized carbons (Fsp3) is 0.0800. The highest BCUT2D eigenvalue weighted by Crippen LogP contribution is 2.28. The number of nitrogens with one attached hydrogen (secondary N) is 1. The Balaban J connectivity index is 1.31. The summed E-state index contributed by atoms with van der Waals surface area (Å²) < 4.78 is 5.91. The molecule has 2 aromatic carbocycles. The maximum Gasteiger partial charge on any atom is 0.227 e. The lowest BCUT2D eigenvalue weighted by Crippen LogP contribution is -2.00. The van der Waals surface area contributed by atoms with Crippen LogP contribution in [0.4, 0.5) is 11.6 Å². The largest absolute Gasteiger partial charge is 0.487 e. The van der Waals surface area contributed by atoms with Crippen molar-refractivity contribution in [3.63, 3.8) is 0 Å². The lowest BCUT2D eigenvalue weighted by Gasteiger charge is -2.11. The first-order valence-corrected chi connectivity index (χ1v) is 10.8. The second-order valence-electron chi connectivity index (χ2n) is 7.16. The van der Waals surface area contributed by atoms with Gasteiger partial charge in [-0.05, 0) is 72.0 Å². The maximum absolute atomic E-state index is 5.91. The van der Waals surface area contributed by atoms with Gasteiger partial charge in [0.1, 0.15) is 12.4 Å². The van der Waals surface area contributed by atoms with E-state index in [-0.39, 0.29) is 0 Å². The standard InChI is InChI=1S/C25H20N4OS/c1-17-13-20(8-10-23(17)30-16-21-5-2-3-11-26-21)28-25-27-15-19-14-18(7-9-22(19)29-25)24-6-4-12-31-24/h2-15H,16H2,1H3,(H,27,28,29). The first-order chi connectivity index (χ1) is 15.2. The number of ether oxygens (including phenoxy) is 1. The molecule has 5 nitrogen and oxygen atoms in total. The van der Waals surface area contributed by atoms with Crippen LogP contribution in [0.3, 0.4) is 0 Å². The van der Waals surface area contributed by atoms with Gasteiger partial charge >= 0.3 is 0 Å². The maximum atomic E-state index is 5.91. The number of pyridine rings is 1. The van der Waals surface area contributed by atoms with E-state index in [1.165, 1.54) is 10.4 Å². The van der Waals surface area contributed by atoms with Crippen LogP contribution in [0.5, 0.6) is 5.75 Å². The fourth-order valence-corrected chi connectivity index (χ4v) is 4.07. The third-order valence-electron chi connectivity index (χ3n) is 4.92. The predicted molar refractivity (Wildman–Crippen MR) is 126 cm³/mol. The number of fused-ring (bicyclic) bond motifs is 1. The van der Waals surface area contributed by atoms with Crippen LogP contribution in [0.25, 0.3) is 21.3 Å². The van der Waals surface area contributed by atoms with E-state index in [4.69, 9.17) is 4.74 Å². The number of benzene rings is 2. The Hall–Kier alpha value is -3.77. The van der Waals surface area contributed by atoms with Crippen LogP contribution < -0.4 is 10.1 Å². The van der Waals surface area contributed by atoms with Crippen molar-refractivity contribution in [2.45, 2.75) is 13.5 Å². The van der Waals surface area contributed by atoms with Crippen LogP contribution in [-0.2, 0) is 6.61 Å². The van der Waals surface area contributed by atoms with E-state index in [0.717, 1.165) is 33.6 Å². The Morgan fingerprint density at radius 1 is 0.968 bits per heavy atom. The second kappa shape index (κ2) is 8.53. The molecule has 0 saturated heterocycles. The van der Waals surface area contributed by atoms with Gasteiger partial charge in [0, 0.05) is 28.3 Å². The van der Waals surface area contributed by atoms with E-state index >= 15 is 0 Å². The molecular formula is C25H20N4OS. The lowest BCUT2D eigenvalue weighted by molar-refractivity contribution is 0.299. The SMILES string of the molecule is Cc1cc(Nc2ncc3cc(-c4cccs4)ccc3n2)ccc1OCc1ccccn1. The molecule has 6 heteroatoms. The zero-order valence-electron chi connectivity index (χ0n) is 16.9. The first-order valence-electron chi connectivity index (χ1n) is 9.96. The summed E-state index contributed by atoms with van der Waals surface area (Å²) in [5, 5.41) is 6.39. The molecule has 152 valence electrons. The Bertz CT molecular complexity index is 1320. The zero-order chi connectivity index (χ0) is 21.0. The highest BCUT2D eigenvalue weighted by molar-refractivity contribution is 7.13. The van der Waals surface area contributed by atoms with Gasteiger partial charge in [-0.1, -0.05) is 18.2 Å². The Morgan fingerprint density at radius 3 is 2.74 bits per heavy atom. The molecule has 0 aliphatic heterocycles. The van der Waals surface area contributed by atoms with Crippen LogP contribution >= 0.6 is 11.3 Å². The number of aryl methyl sites for hydroxylation is 1. The lowest BCUT2D eigenvalue weighted by atomic mass is 10.1. The van der Waals surface area contributed by atoms with Crippen molar-refractivity contribution in [2.75, 3.05) is 5.32 Å². The van der Waals surface area contributed by atoms with Crippen LogP contribution in [0, 0.1) is 6.92 Å². The van der Waals surface area contributed by atoms with Crippen molar-refractivity contribution in [3.8, 4) is 16.2 Å². The van der Waals surface area contributed by atoms with E-state index in [2.05, 4.69) is 49.9 Å². The second-order valence-corrected chi connectivity index (χ2v) is 8.11. The van der Waals surface area contributed by atoms with E-state index in [1.54, 1.807) is 17.5 Å². The molecule has 0 radical (unpaired) electrons. The highest BCUT2D eigenvalue weighted by Gasteiger charge is 2.06. The molecule has 0 atom stereocenters. The van der Waals surface area contributed by atoms with Crippen molar-refractivity contribution in [1.29, 1.82) is 0 Å². The molecule has 0 fully saturated rings. The molecule has 0 amide bonds. The summed E-state index contributed by atoms with van der Waals surface area (Å²) in [4.78, 5) is 14.7. The molecule has 3 heterocycles. The average Bonchev–Trinajstić information content (AvgIpc) is 3.34. The number of anilines is 2. The van der Waals surface area contributed by atoms with Crippen LogP contribution in [-0.4, -0.2) is 15.0 Å². The van der Waals surface area contributed by atoms with Gasteiger partial charge in [0.2, 0.25) is 5.95 Å². The number of rotatable bonds is 6. The van der Waals surface area contributed by atoms with E-state index in [1.807, 2.05) is 55.6 Å². The summed E-state index contributed by atoms with van der Waals surface area (Å²) in [5.74, 6) is 1.40. The third-order valence-corrected chi connectivity index (χ3v) is 5.84. The molecule has 1 N–H and O–H groups in total. The smallest absolute Gasteiger partial charge is 0.227 e. The highest BCUT2D eigenvalue weighted by atomic mass is 32.1. The van der Waals surface area contributed by atoms with Gasteiger partial charge in [-0.25, -0.2) is 9.97 Å². The van der Waals surface area contributed by atoms with Crippen molar-refractivity contribution in [1.82, 2.24) is 15.0 Å². The number of hydrogen-bond acceptors (Lipinski definition) is 6. The van der Waals surface area contributed by atoms with Crippen molar-refractivity contribution >= 4 is 33.9 Å². The van der Waals surface area contributed by atoms with Crippen molar-refractivity contribution in [2.24, 2.45) is 0 Å². The average molecular weight is 425 g/mol. The minimum absolute atomic E-state index is 0.440. The van der Waals surface area contributed by atoms with Crippen molar-refractivity contribution in [3.05, 3.63) is 95.8 Å². The van der Waals surface area contributed by atoms with Crippen LogP contribution in [0.1, 0.15) is 11.3 Å². The van der Waals surface area contributed by atoms with Gasteiger partial charge in [0.05, 0.1) is 11.2 Å². The van der Waals surface area contributed by atoms with Crippen molar-refractivity contribution < 1.29 is 4.74 Å². The molecule has 31 heavy (non-hydrogen) atoms. The number of hydrogen-bond donors (Lipinski definition) is 1. The normalized spacial score (nSPS) is 10.9. The Labute approximate surface area is 184 Å². The monoisotopic (exact) mass is 424 g/mol. The summed E-state index contributed by atoms with van der Waals surface area (Å²) in [6.45, 7) is 2.46. The van der Waals surface area contributed by atoms with Gasteiger partial charge in [0.25, 0.3) is 0 Å². The number of thiophene rings is 1. The van der Waals surface area contributed by atoms with Gasteiger partial charge in [0.15, 0.2) is 0 Å². The molecule has 0 unspecified atom stereocenters. The molecule has 3 aromatic heterocycles. The minimum atomic E-state index is 0.440. The number of aromatic nitrogens is 3. The summed E-state index contributed by atoms with van der Waals surface area (Å²) in [7, 11) is 0. The number of nitrogens with zero attached hydrogens (tertiary/aromatic N) is 3. The fourth-order valence-electron chi connectivity index (χ4n) is 3.34. The summed E-state index contributed by atoms with van der Waals surface area (Å²) in [5.41, 5.74) is 4.93. The molecule has 5 aromatic rings. The molecule has 5 rings (SSSR count). The van der Waals surface area contributed by atoms with E-state index in [0.29, 0.717) is 12.6 Å². The molecule has 0 aliphatic carbocycles. The summed E-state index contributed by atoms with van der Waals surface area (Å²) >= 11 is 1.73. The Kier molecular flexibility index (Phi) is 5.29. The molecule has 0 saturated carbocycles. The minimum Gasteiger partial charge on any atom is -0.487 e. The molecule has 0 spiro atoms. The zero-order valence-corrected chi connectivity index (χ0v) is 17.8. The van der Waals surface area contributed by atoms with Gasteiger partial charge < -0.3 is 10.1 Å². The Morgan fingerprint density at radius 2 is 1.94 bits per heavy atom. The van der Waals surface area contributed by atoms with Gasteiger partial charge in [-0.2, -0.15) is 0 Å². The quantitative estimate of drug-likeness (QED) is 0.342. The first kappa shape index (κ1) is 19.2. The van der Waals surface area contributed by atoms with Gasteiger partial charge in [-0.3, -0.25) is 4.98 Å². The van der Waals surface area contributed by atoms with E-state index < -0.39 is 0 Å². The molecule has 0 aliphatic rings. The summed E-state index contributed by atoms with van der Waals surface area (Å²) in [6.07, 6.45) is 3.63. The predicted octanol–water partition coefficient (Wildman–Crippen LogP) is 6.38. The molecular weight excluding hydrogens is 404 g/mol. The van der Waals surface area contributed by atoms with Gasteiger partial charge in [-0.15, -0.1) is 11.3 Å². The topological polar surface area (TPSA) is 59.9 Å². The summed E-state index contributed by atoms with van der Waals surface area (Å²) in [6, 6.07) is 22.2. The van der Waals surface area contributed by atoms with E-state index in [9.17, 15) is 0 Å². The van der Waals surface area contributed by atoms with Crippen LogP contribution in [0.15, 0.2) is 84.5 Å². The van der Waals surface area contributed by atoms with Crippen LogP contribution in [0.2, 0.25) is 0 Å². The third kappa shape index (κ3) is 4.39. The molecule has 0 bridgehead atoms.